The highest BCUT2D eigenvalue weighted by atomic mass is 16.4. The van der Waals surface area contributed by atoms with E-state index in [9.17, 15) is 58.5 Å². The standard InChI is InChI=1S/C41H64N16O12/c1-3-20(2)32(39(68)69)57-34(63)25(7-5-13-50-41(46)47)52-38(67)29(17-31(60)61)56-35(64)26(14-21-8-10-23(58)11-9-21)54-37(66)28(16-30(43)59)55-36(65)27(15-22-18-48-19-51-22)53-33(62)24(42)6-4-12-49-40(44)45/h8-11,18-20,24-29,32,58H,3-7,12-17,42H2,1-2H3,(H2,43,59)(H,48,51)(H,52,67)(H,53,62)(H,54,66)(H,55,65)(H,56,64)(H,57,63)(H,60,61)(H,68,69)(H4,44,45,49)(H4,46,47,50)/t20-,24-,25-,26-,27-,28-,29-,32-/m0/s1. The Morgan fingerprint density at radius 2 is 1.13 bits per heavy atom. The lowest BCUT2D eigenvalue weighted by molar-refractivity contribution is -0.144. The van der Waals surface area contributed by atoms with Gasteiger partial charge in [-0.3, -0.25) is 48.3 Å². The number of carboxylic acids is 2. The molecule has 0 aliphatic heterocycles. The van der Waals surface area contributed by atoms with Crippen LogP contribution in [0.5, 0.6) is 5.75 Å². The molecular weight excluding hydrogens is 909 g/mol. The average molecular weight is 973 g/mol. The molecule has 0 radical (unpaired) electrons. The molecule has 380 valence electrons. The molecule has 0 aliphatic rings. The van der Waals surface area contributed by atoms with E-state index in [1.54, 1.807) is 13.8 Å². The zero-order chi connectivity index (χ0) is 51.8. The second-order valence-electron chi connectivity index (χ2n) is 15.9. The molecule has 1 heterocycles. The molecular formula is C41H64N16O12. The molecule has 2 rings (SSSR count). The first-order valence-corrected chi connectivity index (χ1v) is 21.7. The predicted octanol–water partition coefficient (Wildman–Crippen LogP) is -5.28. The van der Waals surface area contributed by atoms with Crippen molar-refractivity contribution in [2.75, 3.05) is 13.1 Å². The number of nitrogens with two attached hydrogens (primary N) is 6. The van der Waals surface area contributed by atoms with Crippen molar-refractivity contribution in [1.29, 1.82) is 0 Å². The van der Waals surface area contributed by atoms with Crippen LogP contribution in [0.15, 0.2) is 46.8 Å². The number of aromatic hydroxyl groups is 1. The highest BCUT2D eigenvalue weighted by Gasteiger charge is 2.36. The van der Waals surface area contributed by atoms with Gasteiger partial charge in [-0.1, -0.05) is 32.4 Å². The van der Waals surface area contributed by atoms with Crippen molar-refractivity contribution >= 4 is 65.2 Å². The number of phenolic OH excluding ortho intramolecular Hbond substituents is 1. The molecule has 1 aromatic heterocycles. The maximum absolute atomic E-state index is 14.1. The fraction of sp³-hybridized carbons (Fsp3) is 0.512. The minimum Gasteiger partial charge on any atom is -0.508 e. The van der Waals surface area contributed by atoms with Crippen LogP contribution in [-0.2, 0) is 56.0 Å². The number of carboxylic acid groups (broad SMARTS) is 2. The smallest absolute Gasteiger partial charge is 0.326 e. The lowest BCUT2D eigenvalue weighted by Crippen LogP contribution is -2.61. The van der Waals surface area contributed by atoms with Gasteiger partial charge in [0.25, 0.3) is 0 Å². The summed E-state index contributed by atoms with van der Waals surface area (Å²) in [5.74, 6) is -11.4. The Bertz CT molecular complexity index is 2130. The van der Waals surface area contributed by atoms with Crippen molar-refractivity contribution in [3.8, 4) is 5.75 Å². The molecule has 0 unspecified atom stereocenters. The fourth-order valence-electron chi connectivity index (χ4n) is 6.42. The SMILES string of the molecule is CC[C@H](C)[C@H](NC(=O)[C@H](CCCN=C(N)N)NC(=O)[C@H](CC(=O)O)NC(=O)[C@H](Cc1ccc(O)cc1)NC(=O)[C@H](CC(N)=O)NC(=O)[C@H](Cc1cnc[nH]1)NC(=O)[C@@H](N)CCCN=C(N)N)C(=O)O. The van der Waals surface area contributed by atoms with Gasteiger partial charge in [0.15, 0.2) is 11.9 Å². The van der Waals surface area contributed by atoms with Gasteiger partial charge in [-0.15, -0.1) is 0 Å². The molecule has 2 aromatic rings. The summed E-state index contributed by atoms with van der Waals surface area (Å²) < 4.78 is 0. The van der Waals surface area contributed by atoms with Crippen LogP contribution in [0, 0.1) is 5.92 Å². The molecule has 0 aliphatic carbocycles. The van der Waals surface area contributed by atoms with Gasteiger partial charge in [0.05, 0.1) is 25.2 Å². The number of carbonyl (C=O) groups is 9. The number of hydrogen-bond donors (Lipinski definition) is 16. The molecule has 7 amide bonds. The second kappa shape index (κ2) is 28.9. The largest absolute Gasteiger partial charge is 0.508 e. The second-order valence-corrected chi connectivity index (χ2v) is 15.9. The number of imidazole rings is 1. The van der Waals surface area contributed by atoms with Gasteiger partial charge >= 0.3 is 11.9 Å². The number of hydrogen-bond acceptors (Lipinski definition) is 14. The summed E-state index contributed by atoms with van der Waals surface area (Å²) in [4.78, 5) is 133. The van der Waals surface area contributed by atoms with E-state index in [1.807, 2.05) is 0 Å². The first kappa shape index (κ1) is 57.1. The molecule has 22 N–H and O–H groups in total. The minimum atomic E-state index is -1.93. The molecule has 0 saturated carbocycles. The molecule has 0 saturated heterocycles. The molecule has 28 heteroatoms. The van der Waals surface area contributed by atoms with Crippen molar-refractivity contribution in [3.05, 3.63) is 48.0 Å². The molecule has 8 atom stereocenters. The summed E-state index contributed by atoms with van der Waals surface area (Å²) in [6, 6.07) is -5.58. The first-order chi connectivity index (χ1) is 32.5. The summed E-state index contributed by atoms with van der Waals surface area (Å²) >= 11 is 0. The van der Waals surface area contributed by atoms with Crippen LogP contribution < -0.4 is 66.3 Å². The van der Waals surface area contributed by atoms with Crippen LogP contribution >= 0.6 is 0 Å². The number of benzene rings is 1. The number of aliphatic carboxylic acids is 2. The summed E-state index contributed by atoms with van der Waals surface area (Å²) in [6.45, 7) is 3.44. The Morgan fingerprint density at radius 3 is 1.62 bits per heavy atom. The van der Waals surface area contributed by atoms with E-state index in [4.69, 9.17) is 34.4 Å². The van der Waals surface area contributed by atoms with Crippen LogP contribution in [0.1, 0.15) is 70.1 Å². The summed E-state index contributed by atoms with van der Waals surface area (Å²) in [7, 11) is 0. The minimum absolute atomic E-state index is 0.0165. The molecule has 1 aromatic carbocycles. The number of phenols is 1. The Morgan fingerprint density at radius 1 is 0.652 bits per heavy atom. The maximum Gasteiger partial charge on any atom is 0.326 e. The van der Waals surface area contributed by atoms with E-state index in [-0.39, 0.29) is 56.4 Å². The van der Waals surface area contributed by atoms with E-state index in [0.29, 0.717) is 24.1 Å². The van der Waals surface area contributed by atoms with Crippen LogP contribution in [0.3, 0.4) is 0 Å². The van der Waals surface area contributed by atoms with Gasteiger partial charge in [-0.25, -0.2) is 9.78 Å². The number of rotatable bonds is 31. The van der Waals surface area contributed by atoms with Gasteiger partial charge in [-0.2, -0.15) is 0 Å². The number of H-pyrrole nitrogens is 1. The third-order valence-electron chi connectivity index (χ3n) is 10.3. The van der Waals surface area contributed by atoms with Gasteiger partial charge in [0, 0.05) is 37.8 Å². The first-order valence-electron chi connectivity index (χ1n) is 21.7. The van der Waals surface area contributed by atoms with Crippen LogP contribution in [-0.4, -0.2) is 146 Å². The number of nitrogens with one attached hydrogen (secondary N) is 7. The molecule has 69 heavy (non-hydrogen) atoms. The number of amides is 7. The van der Waals surface area contributed by atoms with Crippen LogP contribution in [0.2, 0.25) is 0 Å². The zero-order valence-corrected chi connectivity index (χ0v) is 38.2. The molecule has 28 nitrogen and oxygen atoms in total. The monoisotopic (exact) mass is 972 g/mol. The Hall–Kier alpha value is -8.04. The third-order valence-corrected chi connectivity index (χ3v) is 10.3. The number of aliphatic imine (C=N–C) groups is 2. The zero-order valence-electron chi connectivity index (χ0n) is 38.2. The number of aromatic amines is 1. The van der Waals surface area contributed by atoms with Gasteiger partial charge in [0.1, 0.15) is 42.0 Å². The summed E-state index contributed by atoms with van der Waals surface area (Å²) in [6.07, 6.45) is 0.839. The summed E-state index contributed by atoms with van der Waals surface area (Å²) in [5.41, 5.74) is 33.7. The predicted molar refractivity (Wildman–Crippen MR) is 247 cm³/mol. The van der Waals surface area contributed by atoms with Crippen molar-refractivity contribution in [2.24, 2.45) is 50.3 Å². The number of primary amides is 1. The number of guanidine groups is 2. The highest BCUT2D eigenvalue weighted by Crippen LogP contribution is 2.14. The Kier molecular flexibility index (Phi) is 23.9. The molecule has 0 fully saturated rings. The highest BCUT2D eigenvalue weighted by molar-refractivity contribution is 5.99. The van der Waals surface area contributed by atoms with E-state index in [1.165, 1.54) is 36.8 Å². The van der Waals surface area contributed by atoms with Crippen molar-refractivity contribution in [2.45, 2.75) is 114 Å². The van der Waals surface area contributed by atoms with Crippen molar-refractivity contribution in [1.82, 2.24) is 41.9 Å². The van der Waals surface area contributed by atoms with Crippen LogP contribution in [0.25, 0.3) is 0 Å². The molecule has 0 bridgehead atoms. The Balaban J connectivity index is 2.47. The van der Waals surface area contributed by atoms with E-state index < -0.39 is 121 Å². The van der Waals surface area contributed by atoms with Crippen LogP contribution in [0.4, 0.5) is 0 Å². The van der Waals surface area contributed by atoms with E-state index >= 15 is 0 Å². The maximum atomic E-state index is 14.1. The van der Waals surface area contributed by atoms with Crippen molar-refractivity contribution < 1.29 is 58.5 Å². The van der Waals surface area contributed by atoms with Gasteiger partial charge in [0.2, 0.25) is 41.4 Å². The van der Waals surface area contributed by atoms with Gasteiger partial charge < -0.3 is 86.6 Å². The third kappa shape index (κ3) is 21.4. The number of carbonyl (C=O) groups excluding carboxylic acids is 7. The van der Waals surface area contributed by atoms with Gasteiger partial charge in [-0.05, 0) is 49.3 Å². The lowest BCUT2D eigenvalue weighted by atomic mass is 9.98. The fourth-order valence-corrected chi connectivity index (χ4v) is 6.42. The summed E-state index contributed by atoms with van der Waals surface area (Å²) in [5, 5.41) is 43.8. The normalized spacial score (nSPS) is 14.3. The van der Waals surface area contributed by atoms with Crippen molar-refractivity contribution in [3.63, 3.8) is 0 Å². The topological polar surface area (TPSA) is 496 Å². The van der Waals surface area contributed by atoms with E-state index in [2.05, 4.69) is 51.9 Å². The Labute approximate surface area is 396 Å². The number of aromatic nitrogens is 2. The number of nitrogens with zero attached hydrogens (tertiary/aromatic N) is 3. The lowest BCUT2D eigenvalue weighted by Gasteiger charge is -2.27. The molecule has 0 spiro atoms. The average Bonchev–Trinajstić information content (AvgIpc) is 3.79. The quantitative estimate of drug-likeness (QED) is 0.0191. The van der Waals surface area contributed by atoms with E-state index in [0.717, 1.165) is 0 Å².